The molecule has 106 valence electrons. The SMILES string of the molecule is CCOC(=O)c1ncc2snc(-c3ccccc3)c2c1O. The summed E-state index contributed by atoms with van der Waals surface area (Å²) in [4.78, 5) is 15.8. The van der Waals surface area contributed by atoms with E-state index in [4.69, 9.17) is 4.74 Å². The summed E-state index contributed by atoms with van der Waals surface area (Å²) in [5.74, 6) is -0.819. The molecule has 0 atom stereocenters. The normalized spacial score (nSPS) is 10.7. The number of hydrogen-bond acceptors (Lipinski definition) is 6. The average Bonchev–Trinajstić information content (AvgIpc) is 2.93. The summed E-state index contributed by atoms with van der Waals surface area (Å²) in [6, 6.07) is 9.50. The highest BCUT2D eigenvalue weighted by Crippen LogP contribution is 2.37. The molecule has 3 rings (SSSR count). The zero-order chi connectivity index (χ0) is 14.8. The van der Waals surface area contributed by atoms with Crippen LogP contribution in [-0.4, -0.2) is 27.0 Å². The summed E-state index contributed by atoms with van der Waals surface area (Å²) in [6.07, 6.45) is 1.53. The first-order valence-electron chi connectivity index (χ1n) is 6.42. The van der Waals surface area contributed by atoms with Crippen molar-refractivity contribution < 1.29 is 14.6 Å². The van der Waals surface area contributed by atoms with E-state index in [0.29, 0.717) is 11.1 Å². The standard InChI is InChI=1S/C15H12N2O3S/c1-2-20-15(19)13-14(18)11-10(8-16-13)21-17-12(11)9-6-4-3-5-7-9/h3-8,18H,2H2,1H3. The molecule has 0 fully saturated rings. The number of esters is 1. The molecular formula is C15H12N2O3S. The molecule has 1 N–H and O–H groups in total. The summed E-state index contributed by atoms with van der Waals surface area (Å²) in [5.41, 5.74) is 1.43. The predicted octanol–water partition coefficient (Wildman–Crippen LogP) is 3.24. The second-order valence-corrected chi connectivity index (χ2v) is 5.12. The van der Waals surface area contributed by atoms with E-state index in [2.05, 4.69) is 9.36 Å². The van der Waals surface area contributed by atoms with E-state index < -0.39 is 5.97 Å². The van der Waals surface area contributed by atoms with Crippen LogP contribution in [0.15, 0.2) is 36.5 Å². The summed E-state index contributed by atoms with van der Waals surface area (Å²) in [6.45, 7) is 1.93. The van der Waals surface area contributed by atoms with Gasteiger partial charge in [0.1, 0.15) is 0 Å². The first kappa shape index (κ1) is 13.5. The van der Waals surface area contributed by atoms with Crippen LogP contribution in [0.2, 0.25) is 0 Å². The van der Waals surface area contributed by atoms with Crippen molar-refractivity contribution in [1.82, 2.24) is 9.36 Å². The van der Waals surface area contributed by atoms with E-state index in [1.54, 1.807) is 6.92 Å². The minimum atomic E-state index is -0.637. The molecule has 0 spiro atoms. The molecule has 0 aliphatic rings. The van der Waals surface area contributed by atoms with Crippen LogP contribution in [0.5, 0.6) is 5.75 Å². The zero-order valence-corrected chi connectivity index (χ0v) is 12.1. The van der Waals surface area contributed by atoms with Crippen LogP contribution in [0.3, 0.4) is 0 Å². The summed E-state index contributed by atoms with van der Waals surface area (Å²) < 4.78 is 9.99. The van der Waals surface area contributed by atoms with Crippen molar-refractivity contribution in [3.05, 3.63) is 42.2 Å². The third-order valence-electron chi connectivity index (χ3n) is 3.01. The Morgan fingerprint density at radius 2 is 2.10 bits per heavy atom. The highest BCUT2D eigenvalue weighted by atomic mass is 32.1. The summed E-state index contributed by atoms with van der Waals surface area (Å²) >= 11 is 1.23. The van der Waals surface area contributed by atoms with Gasteiger partial charge >= 0.3 is 5.97 Å². The van der Waals surface area contributed by atoms with Crippen molar-refractivity contribution in [2.45, 2.75) is 6.92 Å². The highest BCUT2D eigenvalue weighted by Gasteiger charge is 2.21. The molecule has 0 amide bonds. The van der Waals surface area contributed by atoms with E-state index in [-0.39, 0.29) is 18.1 Å². The highest BCUT2D eigenvalue weighted by molar-refractivity contribution is 7.13. The molecule has 2 aromatic heterocycles. The molecule has 0 saturated heterocycles. The van der Waals surface area contributed by atoms with Gasteiger partial charge in [-0.1, -0.05) is 30.3 Å². The molecule has 5 nitrogen and oxygen atoms in total. The van der Waals surface area contributed by atoms with Gasteiger partial charge in [-0.3, -0.25) is 0 Å². The lowest BCUT2D eigenvalue weighted by Crippen LogP contribution is -2.07. The van der Waals surface area contributed by atoms with Crippen LogP contribution in [0.25, 0.3) is 21.3 Å². The molecule has 0 bridgehead atoms. The van der Waals surface area contributed by atoms with Crippen molar-refractivity contribution >= 4 is 27.6 Å². The molecule has 0 aliphatic heterocycles. The smallest absolute Gasteiger partial charge is 0.360 e. The van der Waals surface area contributed by atoms with Crippen molar-refractivity contribution in [2.75, 3.05) is 6.61 Å². The van der Waals surface area contributed by atoms with Crippen LogP contribution >= 0.6 is 11.5 Å². The van der Waals surface area contributed by atoms with Crippen molar-refractivity contribution in [1.29, 1.82) is 0 Å². The number of benzene rings is 1. The van der Waals surface area contributed by atoms with Crippen molar-refractivity contribution in [3.63, 3.8) is 0 Å². The predicted molar refractivity (Wildman–Crippen MR) is 80.5 cm³/mol. The van der Waals surface area contributed by atoms with E-state index in [0.717, 1.165) is 10.3 Å². The number of fused-ring (bicyclic) bond motifs is 1. The third-order valence-corrected chi connectivity index (χ3v) is 3.79. The Balaban J connectivity index is 2.20. The number of nitrogens with zero attached hydrogens (tertiary/aromatic N) is 2. The molecule has 2 heterocycles. The van der Waals surface area contributed by atoms with Gasteiger partial charge in [0.25, 0.3) is 0 Å². The maximum absolute atomic E-state index is 11.8. The lowest BCUT2D eigenvalue weighted by atomic mass is 10.1. The summed E-state index contributed by atoms with van der Waals surface area (Å²) in [5, 5.41) is 10.9. The fourth-order valence-corrected chi connectivity index (χ4v) is 2.84. The first-order valence-corrected chi connectivity index (χ1v) is 7.19. The molecule has 1 aromatic carbocycles. The number of hydrogen-bond donors (Lipinski definition) is 1. The number of carbonyl (C=O) groups excluding carboxylic acids is 1. The molecule has 0 aliphatic carbocycles. The van der Waals surface area contributed by atoms with E-state index in [1.165, 1.54) is 17.7 Å². The lowest BCUT2D eigenvalue weighted by Gasteiger charge is -2.05. The maximum Gasteiger partial charge on any atom is 0.360 e. The van der Waals surface area contributed by atoms with Gasteiger partial charge in [0.15, 0.2) is 11.4 Å². The zero-order valence-electron chi connectivity index (χ0n) is 11.2. The Labute approximate surface area is 125 Å². The number of ether oxygens (including phenoxy) is 1. The molecule has 0 radical (unpaired) electrons. The van der Waals surface area contributed by atoms with Gasteiger partial charge in [0.05, 0.1) is 22.4 Å². The molecule has 0 unspecified atom stereocenters. The van der Waals surface area contributed by atoms with Crippen LogP contribution in [0.4, 0.5) is 0 Å². The molecular weight excluding hydrogens is 288 g/mol. The first-order chi connectivity index (χ1) is 10.2. The lowest BCUT2D eigenvalue weighted by molar-refractivity contribution is 0.0516. The van der Waals surface area contributed by atoms with E-state index in [1.807, 2.05) is 30.3 Å². The quantitative estimate of drug-likeness (QED) is 0.752. The van der Waals surface area contributed by atoms with Gasteiger partial charge in [-0.15, -0.1) is 0 Å². The topological polar surface area (TPSA) is 72.3 Å². The third kappa shape index (κ3) is 2.34. The van der Waals surface area contributed by atoms with Crippen LogP contribution in [0, 0.1) is 0 Å². The van der Waals surface area contributed by atoms with Gasteiger partial charge in [-0.25, -0.2) is 9.78 Å². The average molecular weight is 300 g/mol. The molecule has 0 saturated carbocycles. The fraction of sp³-hybridized carbons (Fsp3) is 0.133. The Bertz CT molecular complexity index is 799. The van der Waals surface area contributed by atoms with Crippen molar-refractivity contribution in [2.24, 2.45) is 0 Å². The van der Waals surface area contributed by atoms with Gasteiger partial charge < -0.3 is 9.84 Å². The fourth-order valence-electron chi connectivity index (χ4n) is 2.06. The van der Waals surface area contributed by atoms with Gasteiger partial charge in [-0.2, -0.15) is 4.37 Å². The van der Waals surface area contributed by atoms with Gasteiger partial charge in [0, 0.05) is 11.8 Å². The van der Waals surface area contributed by atoms with Crippen LogP contribution in [-0.2, 0) is 4.74 Å². The Morgan fingerprint density at radius 3 is 2.81 bits per heavy atom. The monoisotopic (exact) mass is 300 g/mol. The van der Waals surface area contributed by atoms with E-state index >= 15 is 0 Å². The van der Waals surface area contributed by atoms with Crippen LogP contribution in [0.1, 0.15) is 17.4 Å². The van der Waals surface area contributed by atoms with E-state index in [9.17, 15) is 9.90 Å². The number of carbonyl (C=O) groups is 1. The summed E-state index contributed by atoms with van der Waals surface area (Å²) in [7, 11) is 0. The van der Waals surface area contributed by atoms with Crippen molar-refractivity contribution in [3.8, 4) is 17.0 Å². The molecule has 6 heteroatoms. The number of pyridine rings is 1. The second kappa shape index (κ2) is 5.49. The Kier molecular flexibility index (Phi) is 3.53. The maximum atomic E-state index is 11.8. The minimum Gasteiger partial charge on any atom is -0.505 e. The second-order valence-electron chi connectivity index (χ2n) is 4.31. The number of rotatable bonds is 3. The van der Waals surface area contributed by atoms with Gasteiger partial charge in [0.2, 0.25) is 0 Å². The molecule has 21 heavy (non-hydrogen) atoms. The van der Waals surface area contributed by atoms with Gasteiger partial charge in [-0.05, 0) is 18.5 Å². The Hall–Kier alpha value is -2.47. The Morgan fingerprint density at radius 1 is 1.33 bits per heavy atom. The number of aromatic nitrogens is 2. The largest absolute Gasteiger partial charge is 0.505 e. The minimum absolute atomic E-state index is 0.0817. The van der Waals surface area contributed by atoms with Crippen LogP contribution < -0.4 is 0 Å². The molecule has 3 aromatic rings. The number of aromatic hydroxyl groups is 1.